The van der Waals surface area contributed by atoms with Crippen molar-refractivity contribution in [1.29, 1.82) is 0 Å². The van der Waals surface area contributed by atoms with Crippen molar-refractivity contribution in [2.45, 2.75) is 50.4 Å². The number of pyridine rings is 1. The van der Waals surface area contributed by atoms with E-state index in [1.54, 1.807) is 6.07 Å². The van der Waals surface area contributed by atoms with Crippen molar-refractivity contribution in [3.63, 3.8) is 0 Å². The van der Waals surface area contributed by atoms with Crippen LogP contribution in [0.25, 0.3) is 0 Å². The van der Waals surface area contributed by atoms with Crippen LogP contribution >= 0.6 is 34.8 Å². The number of carbonyl (C=O) groups is 1. The van der Waals surface area contributed by atoms with Crippen molar-refractivity contribution in [3.05, 3.63) is 63.4 Å². The molecule has 1 aliphatic rings. The molecule has 2 heterocycles. The van der Waals surface area contributed by atoms with Gasteiger partial charge in [0.2, 0.25) is 0 Å². The van der Waals surface area contributed by atoms with Crippen molar-refractivity contribution in [1.82, 2.24) is 4.98 Å². The third-order valence-electron chi connectivity index (χ3n) is 4.84. The van der Waals surface area contributed by atoms with Gasteiger partial charge in [0.1, 0.15) is 0 Å². The van der Waals surface area contributed by atoms with Crippen LogP contribution in [0.1, 0.15) is 38.1 Å². The highest BCUT2D eigenvalue weighted by molar-refractivity contribution is 7.88. The number of carbonyl (C=O) groups excluding carboxylic acids is 1. The number of benzene rings is 1. The number of halogens is 6. The summed E-state index contributed by atoms with van der Waals surface area (Å²) in [5.41, 5.74) is -0.337. The number of hydrogen-bond donors (Lipinski definition) is 0. The molecule has 34 heavy (non-hydrogen) atoms. The largest absolute Gasteiger partial charge is 0.414 e. The minimum atomic E-state index is -4.70. The van der Waals surface area contributed by atoms with E-state index in [0.717, 1.165) is 16.1 Å². The lowest BCUT2D eigenvalue weighted by atomic mass is 10.1. The summed E-state index contributed by atoms with van der Waals surface area (Å²) in [6.07, 6.45) is -1.17. The molecule has 0 bridgehead atoms. The van der Waals surface area contributed by atoms with Crippen molar-refractivity contribution < 1.29 is 18.0 Å². The number of nitrogens with zero attached hydrogens (tertiary/aromatic N) is 4. The molecule has 184 valence electrons. The van der Waals surface area contributed by atoms with Gasteiger partial charge in [0, 0.05) is 27.9 Å². The van der Waals surface area contributed by atoms with Crippen molar-refractivity contribution in [2.75, 3.05) is 10.0 Å². The molecule has 0 spiro atoms. The second-order valence-corrected chi connectivity index (χ2v) is 12.0. The first-order valence-electron chi connectivity index (χ1n) is 10.2. The topological polar surface area (TPSA) is 48.8 Å². The lowest BCUT2D eigenvalue weighted by molar-refractivity contribution is -0.137. The van der Waals surface area contributed by atoms with Crippen LogP contribution in [-0.4, -0.2) is 33.6 Å². The van der Waals surface area contributed by atoms with Gasteiger partial charge in [0.15, 0.2) is 11.9 Å². The monoisotopic (exact) mass is 552 g/mol. The molecule has 0 fully saturated rings. The summed E-state index contributed by atoms with van der Waals surface area (Å²) in [6, 6.07) is 3.48. The average Bonchev–Trinajstić information content (AvgIpc) is 3.16. The Morgan fingerprint density at radius 3 is 2.32 bits per heavy atom. The Labute approximate surface area is 213 Å². The fourth-order valence-electron chi connectivity index (χ4n) is 3.53. The molecule has 12 heteroatoms. The first kappa shape index (κ1) is 26.8. The summed E-state index contributed by atoms with van der Waals surface area (Å²) < 4.78 is 46.7. The summed E-state index contributed by atoms with van der Waals surface area (Å²) in [5.74, 6) is -0.664. The van der Waals surface area contributed by atoms with Crippen LogP contribution in [0.5, 0.6) is 0 Å². The molecule has 1 amide bonds. The first-order chi connectivity index (χ1) is 15.8. The van der Waals surface area contributed by atoms with E-state index in [1.165, 1.54) is 30.6 Å². The van der Waals surface area contributed by atoms with Crippen LogP contribution in [0, 0.1) is 0 Å². The quantitative estimate of drug-likeness (QED) is 0.385. The Morgan fingerprint density at radius 2 is 1.76 bits per heavy atom. The highest BCUT2D eigenvalue weighted by atomic mass is 35.5. The normalized spacial score (nSPS) is 16.3. The SMILES string of the molecule is CC(C)S(=NC(=O)c1cc(Cl)cc(Cl)c1N1C(C(F)(F)F)C=CN1c1ncccc1Cl)C(C)C. The van der Waals surface area contributed by atoms with Gasteiger partial charge < -0.3 is 0 Å². The zero-order valence-electron chi connectivity index (χ0n) is 18.6. The Morgan fingerprint density at radius 1 is 1.12 bits per heavy atom. The van der Waals surface area contributed by atoms with Crippen molar-refractivity contribution in [2.24, 2.45) is 4.36 Å². The van der Waals surface area contributed by atoms with Gasteiger partial charge in [-0.1, -0.05) is 73.2 Å². The second-order valence-electron chi connectivity index (χ2n) is 7.95. The van der Waals surface area contributed by atoms with Gasteiger partial charge in [0.05, 0.1) is 21.3 Å². The maximum absolute atomic E-state index is 14.1. The number of amides is 1. The Kier molecular flexibility index (Phi) is 8.22. The maximum Gasteiger partial charge on any atom is 0.414 e. The van der Waals surface area contributed by atoms with Crippen LogP contribution in [0.3, 0.4) is 0 Å². The van der Waals surface area contributed by atoms with Crippen LogP contribution in [0.2, 0.25) is 15.1 Å². The van der Waals surface area contributed by atoms with Crippen LogP contribution < -0.4 is 10.0 Å². The van der Waals surface area contributed by atoms with E-state index in [4.69, 9.17) is 34.8 Å². The van der Waals surface area contributed by atoms with E-state index in [1.807, 2.05) is 27.7 Å². The Hall–Kier alpha value is -1.81. The van der Waals surface area contributed by atoms with Crippen LogP contribution in [-0.2, 0) is 10.7 Å². The van der Waals surface area contributed by atoms with E-state index < -0.39 is 28.8 Å². The van der Waals surface area contributed by atoms with Crippen molar-refractivity contribution >= 4 is 62.9 Å². The zero-order chi connectivity index (χ0) is 25.4. The van der Waals surface area contributed by atoms with Gasteiger partial charge >= 0.3 is 6.18 Å². The molecule has 1 unspecified atom stereocenters. The zero-order valence-corrected chi connectivity index (χ0v) is 21.7. The third-order valence-corrected chi connectivity index (χ3v) is 7.95. The fraction of sp³-hybridized carbons (Fsp3) is 0.364. The molecule has 3 rings (SSSR count). The minimum Gasteiger partial charge on any atom is -0.266 e. The van der Waals surface area contributed by atoms with E-state index in [0.29, 0.717) is 0 Å². The number of rotatable bonds is 5. The van der Waals surface area contributed by atoms with Crippen molar-refractivity contribution in [3.8, 4) is 0 Å². The molecular weight excluding hydrogens is 532 g/mol. The third kappa shape index (κ3) is 5.53. The van der Waals surface area contributed by atoms with E-state index in [-0.39, 0.29) is 42.6 Å². The molecule has 0 saturated carbocycles. The number of hydrazine groups is 1. The Balaban J connectivity index is 2.26. The summed E-state index contributed by atoms with van der Waals surface area (Å²) in [5, 5.41) is 2.15. The van der Waals surface area contributed by atoms with Gasteiger partial charge in [-0.3, -0.25) is 9.80 Å². The average molecular weight is 554 g/mol. The number of alkyl halides is 3. The van der Waals surface area contributed by atoms with E-state index in [2.05, 4.69) is 9.35 Å². The standard InChI is InChI=1S/C22H22Cl3F3N4OS/c1-12(2)34(13(3)4)30-21(33)15-10-14(23)11-17(25)19(15)32-18(22(26,27)28)7-9-31(32)20-16(24)6-5-8-29-20/h5-13,18H,1-4H3. The number of aromatic nitrogens is 1. The first-order valence-corrected chi connectivity index (χ1v) is 12.7. The minimum absolute atomic E-state index is 0.0395. The smallest absolute Gasteiger partial charge is 0.266 e. The van der Waals surface area contributed by atoms with Gasteiger partial charge in [-0.2, -0.15) is 17.5 Å². The number of hydrogen-bond acceptors (Lipinski definition) is 4. The van der Waals surface area contributed by atoms with Gasteiger partial charge in [-0.15, -0.1) is 0 Å². The number of anilines is 2. The lowest BCUT2D eigenvalue weighted by Crippen LogP contribution is -2.49. The maximum atomic E-state index is 14.1. The molecule has 0 saturated heterocycles. The summed E-state index contributed by atoms with van der Waals surface area (Å²) in [4.78, 5) is 17.5. The molecule has 1 atom stereocenters. The predicted octanol–water partition coefficient (Wildman–Crippen LogP) is 7.49. The van der Waals surface area contributed by atoms with Crippen LogP contribution in [0.4, 0.5) is 24.7 Å². The molecule has 1 aliphatic heterocycles. The fourth-order valence-corrected chi connectivity index (χ4v) is 6.11. The molecule has 0 aliphatic carbocycles. The summed E-state index contributed by atoms with van der Waals surface area (Å²) in [7, 11) is -0.670. The molecule has 1 aromatic heterocycles. The lowest BCUT2D eigenvalue weighted by Gasteiger charge is -2.37. The van der Waals surface area contributed by atoms with E-state index >= 15 is 0 Å². The molecule has 2 aromatic rings. The van der Waals surface area contributed by atoms with Gasteiger partial charge in [-0.25, -0.2) is 9.99 Å². The predicted molar refractivity (Wildman–Crippen MR) is 134 cm³/mol. The highest BCUT2D eigenvalue weighted by Crippen LogP contribution is 2.43. The van der Waals surface area contributed by atoms with E-state index in [9.17, 15) is 18.0 Å². The molecule has 0 N–H and O–H groups in total. The molecular formula is C22H22Cl3F3N4OS. The van der Waals surface area contributed by atoms with Gasteiger partial charge in [-0.05, 0) is 30.3 Å². The molecule has 1 aromatic carbocycles. The Bertz CT molecular complexity index is 1140. The second kappa shape index (κ2) is 10.4. The van der Waals surface area contributed by atoms with Gasteiger partial charge in [0.25, 0.3) is 5.91 Å². The summed E-state index contributed by atoms with van der Waals surface area (Å²) >= 11 is 18.8. The molecule has 5 nitrogen and oxygen atoms in total. The molecule has 0 radical (unpaired) electrons. The summed E-state index contributed by atoms with van der Waals surface area (Å²) in [6.45, 7) is 7.72. The highest BCUT2D eigenvalue weighted by Gasteiger charge is 2.49. The van der Waals surface area contributed by atoms with Crippen LogP contribution in [0.15, 0.2) is 47.1 Å².